The smallest absolute Gasteiger partial charge is 0.226 e. The molecule has 0 saturated heterocycles. The normalized spacial score (nSPS) is 10.8. The van der Waals surface area contributed by atoms with Crippen LogP contribution in [0.1, 0.15) is 17.0 Å². The van der Waals surface area contributed by atoms with E-state index in [0.717, 1.165) is 5.56 Å². The molecule has 0 aliphatic carbocycles. The highest BCUT2D eigenvalue weighted by atomic mass is 19.1. The Morgan fingerprint density at radius 1 is 1.21 bits per heavy atom. The number of aromatic nitrogens is 1. The molecular formula is C18H17FN2O3. The molecule has 0 radical (unpaired) electrons. The second kappa shape index (κ2) is 7.25. The summed E-state index contributed by atoms with van der Waals surface area (Å²) in [5.74, 6) is 1.46. The molecule has 3 rings (SSSR count). The fourth-order valence-corrected chi connectivity index (χ4v) is 2.27. The molecule has 5 nitrogen and oxygen atoms in total. The fourth-order valence-electron chi connectivity index (χ4n) is 2.27. The van der Waals surface area contributed by atoms with E-state index in [-0.39, 0.29) is 12.4 Å². The summed E-state index contributed by atoms with van der Waals surface area (Å²) in [5.41, 5.74) is 4.40. The molecule has 0 bridgehead atoms. The molecule has 2 N–H and O–H groups in total. The molecule has 1 heterocycles. The van der Waals surface area contributed by atoms with Gasteiger partial charge in [-0.2, -0.15) is 0 Å². The molecule has 2 aromatic carbocycles. The van der Waals surface area contributed by atoms with E-state index in [4.69, 9.17) is 14.4 Å². The summed E-state index contributed by atoms with van der Waals surface area (Å²) < 4.78 is 24.4. The number of aryl methyl sites for hydroxylation is 1. The summed E-state index contributed by atoms with van der Waals surface area (Å²) >= 11 is 0. The van der Waals surface area contributed by atoms with Crippen LogP contribution in [0.15, 0.2) is 52.9 Å². The lowest BCUT2D eigenvalue weighted by Gasteiger charge is -2.06. The summed E-state index contributed by atoms with van der Waals surface area (Å²) in [6.07, 6.45) is 0. The Bertz CT molecular complexity index is 815. The van der Waals surface area contributed by atoms with Crippen molar-refractivity contribution in [2.75, 3.05) is 0 Å². The van der Waals surface area contributed by atoms with Crippen LogP contribution in [0.2, 0.25) is 0 Å². The number of hydrogen-bond donors (Lipinski definition) is 2. The summed E-state index contributed by atoms with van der Waals surface area (Å²) in [6, 6.07) is 13.4. The number of nitrogens with one attached hydrogen (secondary N) is 1. The van der Waals surface area contributed by atoms with Crippen LogP contribution < -0.4 is 10.2 Å². The molecule has 0 spiro atoms. The summed E-state index contributed by atoms with van der Waals surface area (Å²) in [5, 5.41) is 8.75. The standard InChI is InChI=1S/C18H17FN2O3/c1-12-17(11-23-16-4-2-3-13(9-16)10-20-22)21-18(24-12)14-5-7-15(19)8-6-14/h2-9,20,22H,10-11H2,1H3. The molecule has 0 atom stereocenters. The summed E-state index contributed by atoms with van der Waals surface area (Å²) in [4.78, 5) is 4.42. The van der Waals surface area contributed by atoms with E-state index >= 15 is 0 Å². The lowest BCUT2D eigenvalue weighted by molar-refractivity contribution is 0.161. The van der Waals surface area contributed by atoms with Gasteiger partial charge in [0.15, 0.2) is 0 Å². The van der Waals surface area contributed by atoms with Gasteiger partial charge in [0.25, 0.3) is 0 Å². The van der Waals surface area contributed by atoms with Crippen LogP contribution in [0.3, 0.4) is 0 Å². The Kier molecular flexibility index (Phi) is 4.88. The van der Waals surface area contributed by atoms with Crippen molar-refractivity contribution in [3.63, 3.8) is 0 Å². The number of rotatable bonds is 6. The minimum absolute atomic E-state index is 0.256. The minimum Gasteiger partial charge on any atom is -0.487 e. The maximum atomic E-state index is 13.0. The van der Waals surface area contributed by atoms with E-state index in [1.807, 2.05) is 31.2 Å². The molecular weight excluding hydrogens is 311 g/mol. The lowest BCUT2D eigenvalue weighted by Crippen LogP contribution is -2.06. The quantitative estimate of drug-likeness (QED) is 0.673. The van der Waals surface area contributed by atoms with Crippen molar-refractivity contribution >= 4 is 0 Å². The van der Waals surface area contributed by atoms with Crippen LogP contribution in [0.25, 0.3) is 11.5 Å². The van der Waals surface area contributed by atoms with Gasteiger partial charge in [-0.25, -0.2) is 14.9 Å². The third kappa shape index (κ3) is 3.79. The number of hydrogen-bond acceptors (Lipinski definition) is 5. The van der Waals surface area contributed by atoms with Crippen LogP contribution in [-0.4, -0.2) is 10.2 Å². The Morgan fingerprint density at radius 3 is 2.75 bits per heavy atom. The number of benzene rings is 2. The molecule has 0 unspecified atom stereocenters. The molecule has 1 aromatic heterocycles. The Morgan fingerprint density at radius 2 is 2.00 bits per heavy atom. The molecule has 0 aliphatic rings. The predicted molar refractivity (Wildman–Crippen MR) is 86.0 cm³/mol. The zero-order chi connectivity index (χ0) is 16.9. The number of ether oxygens (including phenoxy) is 1. The van der Waals surface area contributed by atoms with E-state index < -0.39 is 0 Å². The monoisotopic (exact) mass is 328 g/mol. The molecule has 3 aromatic rings. The van der Waals surface area contributed by atoms with Crippen LogP contribution in [0.4, 0.5) is 4.39 Å². The molecule has 0 saturated carbocycles. The number of oxazole rings is 1. The van der Waals surface area contributed by atoms with Crippen molar-refractivity contribution in [1.29, 1.82) is 0 Å². The first-order valence-corrected chi connectivity index (χ1v) is 7.46. The SMILES string of the molecule is Cc1oc(-c2ccc(F)cc2)nc1COc1cccc(CNO)c1. The second-order valence-corrected chi connectivity index (χ2v) is 5.30. The average Bonchev–Trinajstić information content (AvgIpc) is 2.95. The molecule has 0 fully saturated rings. The first-order valence-electron chi connectivity index (χ1n) is 7.46. The van der Waals surface area contributed by atoms with Crippen LogP contribution in [0.5, 0.6) is 5.75 Å². The average molecular weight is 328 g/mol. The maximum absolute atomic E-state index is 13.0. The first kappa shape index (κ1) is 16.2. The Balaban J connectivity index is 1.72. The van der Waals surface area contributed by atoms with Gasteiger partial charge in [-0.05, 0) is 48.9 Å². The lowest BCUT2D eigenvalue weighted by atomic mass is 10.2. The summed E-state index contributed by atoms with van der Waals surface area (Å²) in [7, 11) is 0. The fraction of sp³-hybridized carbons (Fsp3) is 0.167. The second-order valence-electron chi connectivity index (χ2n) is 5.30. The molecule has 124 valence electrons. The first-order chi connectivity index (χ1) is 11.7. The molecule has 24 heavy (non-hydrogen) atoms. The van der Waals surface area contributed by atoms with E-state index in [2.05, 4.69) is 10.5 Å². The number of nitrogens with zero attached hydrogens (tertiary/aromatic N) is 1. The largest absolute Gasteiger partial charge is 0.487 e. The van der Waals surface area contributed by atoms with Gasteiger partial charge in [0.05, 0.1) is 0 Å². The predicted octanol–water partition coefficient (Wildman–Crippen LogP) is 3.85. The van der Waals surface area contributed by atoms with Crippen molar-refractivity contribution < 1.29 is 18.8 Å². The van der Waals surface area contributed by atoms with E-state index in [9.17, 15) is 4.39 Å². The van der Waals surface area contributed by atoms with Gasteiger partial charge >= 0.3 is 0 Å². The highest BCUT2D eigenvalue weighted by molar-refractivity contribution is 5.53. The zero-order valence-electron chi connectivity index (χ0n) is 13.1. The number of halogens is 1. The summed E-state index contributed by atoms with van der Waals surface area (Å²) in [6.45, 7) is 2.41. The van der Waals surface area contributed by atoms with Crippen molar-refractivity contribution in [1.82, 2.24) is 10.5 Å². The van der Waals surface area contributed by atoms with Crippen molar-refractivity contribution in [3.05, 3.63) is 71.4 Å². The van der Waals surface area contributed by atoms with Gasteiger partial charge < -0.3 is 14.4 Å². The van der Waals surface area contributed by atoms with Gasteiger partial charge in [0.2, 0.25) is 5.89 Å². The number of hydroxylamine groups is 1. The van der Waals surface area contributed by atoms with Gasteiger partial charge in [0, 0.05) is 12.1 Å². The Hall–Kier alpha value is -2.70. The van der Waals surface area contributed by atoms with E-state index in [0.29, 0.717) is 35.2 Å². The zero-order valence-corrected chi connectivity index (χ0v) is 13.1. The highest BCUT2D eigenvalue weighted by Crippen LogP contribution is 2.23. The van der Waals surface area contributed by atoms with Gasteiger partial charge in [-0.3, -0.25) is 0 Å². The molecule has 0 amide bonds. The van der Waals surface area contributed by atoms with Crippen LogP contribution >= 0.6 is 0 Å². The molecule has 0 aliphatic heterocycles. The van der Waals surface area contributed by atoms with Crippen LogP contribution in [0, 0.1) is 12.7 Å². The van der Waals surface area contributed by atoms with Crippen molar-refractivity contribution in [2.24, 2.45) is 0 Å². The highest BCUT2D eigenvalue weighted by Gasteiger charge is 2.12. The topological polar surface area (TPSA) is 67.5 Å². The van der Waals surface area contributed by atoms with Crippen molar-refractivity contribution in [3.8, 4) is 17.2 Å². The van der Waals surface area contributed by atoms with Gasteiger partial charge in [-0.1, -0.05) is 12.1 Å². The maximum Gasteiger partial charge on any atom is 0.226 e. The van der Waals surface area contributed by atoms with Crippen LogP contribution in [-0.2, 0) is 13.2 Å². The third-order valence-corrected chi connectivity index (χ3v) is 3.54. The van der Waals surface area contributed by atoms with Crippen molar-refractivity contribution in [2.45, 2.75) is 20.1 Å². The Labute approximate surface area is 138 Å². The third-order valence-electron chi connectivity index (χ3n) is 3.54. The van der Waals surface area contributed by atoms with E-state index in [1.165, 1.54) is 12.1 Å². The minimum atomic E-state index is -0.303. The van der Waals surface area contributed by atoms with Gasteiger partial charge in [-0.15, -0.1) is 0 Å². The van der Waals surface area contributed by atoms with E-state index in [1.54, 1.807) is 12.1 Å². The van der Waals surface area contributed by atoms with Gasteiger partial charge in [0.1, 0.15) is 29.6 Å². The molecule has 6 heteroatoms.